The Balaban J connectivity index is 1.86. The van der Waals surface area contributed by atoms with Gasteiger partial charge in [0.15, 0.2) is 5.49 Å². The predicted octanol–water partition coefficient (Wildman–Crippen LogP) is 2.75. The maximum absolute atomic E-state index is 13.3. The third kappa shape index (κ3) is 3.73. The second-order valence-electron chi connectivity index (χ2n) is 8.06. The topological polar surface area (TPSA) is 102 Å². The summed E-state index contributed by atoms with van der Waals surface area (Å²) in [5, 5.41) is 10.2. The van der Waals surface area contributed by atoms with Crippen molar-refractivity contribution in [3.8, 4) is 6.07 Å². The lowest BCUT2D eigenvalue weighted by molar-refractivity contribution is 0.0952. The molecule has 1 aromatic carbocycles. The SMILES string of the molecule is Cc1cccn2c(=O)c3cc(C#N)c(=NC(=O)c4ccccc4)n(C[C@@H]4CCCO4)c3nc12. The van der Waals surface area contributed by atoms with Gasteiger partial charge >= 0.3 is 0 Å². The number of pyridine rings is 2. The molecule has 5 rings (SSSR count). The molecule has 1 aliphatic rings. The lowest BCUT2D eigenvalue weighted by Gasteiger charge is -2.17. The number of amides is 1. The summed E-state index contributed by atoms with van der Waals surface area (Å²) in [7, 11) is 0. The van der Waals surface area contributed by atoms with E-state index in [0.29, 0.717) is 35.4 Å². The summed E-state index contributed by atoms with van der Waals surface area (Å²) in [4.78, 5) is 35.4. The van der Waals surface area contributed by atoms with Gasteiger partial charge in [0, 0.05) is 18.4 Å². The number of nitrogens with zero attached hydrogens (tertiary/aromatic N) is 5. The number of nitriles is 1. The zero-order valence-corrected chi connectivity index (χ0v) is 18.1. The van der Waals surface area contributed by atoms with Gasteiger partial charge in [-0.1, -0.05) is 24.3 Å². The van der Waals surface area contributed by atoms with E-state index in [4.69, 9.17) is 9.72 Å². The first-order valence-corrected chi connectivity index (χ1v) is 10.8. The van der Waals surface area contributed by atoms with Crippen LogP contribution in [0.25, 0.3) is 16.7 Å². The van der Waals surface area contributed by atoms with Gasteiger partial charge in [-0.3, -0.25) is 14.0 Å². The van der Waals surface area contributed by atoms with Crippen LogP contribution in [0.1, 0.15) is 34.3 Å². The second kappa shape index (κ2) is 8.45. The van der Waals surface area contributed by atoms with E-state index in [2.05, 4.69) is 11.1 Å². The highest BCUT2D eigenvalue weighted by molar-refractivity contribution is 5.95. The van der Waals surface area contributed by atoms with E-state index in [-0.39, 0.29) is 22.7 Å². The van der Waals surface area contributed by atoms with Gasteiger partial charge < -0.3 is 9.30 Å². The van der Waals surface area contributed by atoms with Crippen molar-refractivity contribution >= 4 is 22.6 Å². The number of carbonyl (C=O) groups is 1. The van der Waals surface area contributed by atoms with Gasteiger partial charge in [-0.25, -0.2) is 4.98 Å². The molecule has 8 heteroatoms. The second-order valence-corrected chi connectivity index (χ2v) is 8.06. The molecule has 164 valence electrons. The molecule has 1 aliphatic heterocycles. The van der Waals surface area contributed by atoms with Gasteiger partial charge in [-0.2, -0.15) is 10.3 Å². The Morgan fingerprint density at radius 1 is 1.24 bits per heavy atom. The number of hydrogen-bond donors (Lipinski definition) is 0. The van der Waals surface area contributed by atoms with Crippen LogP contribution in [0.5, 0.6) is 0 Å². The zero-order valence-electron chi connectivity index (χ0n) is 18.1. The molecule has 1 fully saturated rings. The molecule has 1 atom stereocenters. The van der Waals surface area contributed by atoms with Crippen LogP contribution in [0, 0.1) is 18.3 Å². The highest BCUT2D eigenvalue weighted by Crippen LogP contribution is 2.17. The van der Waals surface area contributed by atoms with Crippen LogP contribution in [0.4, 0.5) is 0 Å². The monoisotopic (exact) mass is 439 g/mol. The maximum atomic E-state index is 13.3. The number of rotatable bonds is 3. The van der Waals surface area contributed by atoms with Gasteiger partial charge in [0.2, 0.25) is 0 Å². The molecule has 1 amide bonds. The van der Waals surface area contributed by atoms with E-state index in [1.54, 1.807) is 41.1 Å². The number of hydrogen-bond acceptors (Lipinski definition) is 5. The highest BCUT2D eigenvalue weighted by atomic mass is 16.5. The number of ether oxygens (including phenoxy) is 1. The Hall–Kier alpha value is -4.09. The number of carbonyl (C=O) groups excluding carboxylic acids is 1. The summed E-state index contributed by atoms with van der Waals surface area (Å²) >= 11 is 0. The van der Waals surface area contributed by atoms with Crippen molar-refractivity contribution in [3.05, 3.63) is 87.3 Å². The van der Waals surface area contributed by atoms with Gasteiger partial charge in [0.25, 0.3) is 11.5 Å². The molecule has 3 aromatic heterocycles. The van der Waals surface area contributed by atoms with Crippen molar-refractivity contribution in [1.29, 1.82) is 5.26 Å². The van der Waals surface area contributed by atoms with Crippen molar-refractivity contribution in [1.82, 2.24) is 14.0 Å². The number of aryl methyl sites for hydroxylation is 1. The molecule has 0 bridgehead atoms. The Bertz CT molecular complexity index is 1560. The number of aromatic nitrogens is 3. The minimum atomic E-state index is -0.471. The van der Waals surface area contributed by atoms with Crippen LogP contribution < -0.4 is 11.0 Å². The fraction of sp³-hybridized carbons (Fsp3) is 0.240. The van der Waals surface area contributed by atoms with E-state index in [1.807, 2.05) is 19.1 Å². The number of fused-ring (bicyclic) bond motifs is 2. The van der Waals surface area contributed by atoms with Crippen LogP contribution >= 0.6 is 0 Å². The summed E-state index contributed by atoms with van der Waals surface area (Å²) < 4.78 is 8.99. The van der Waals surface area contributed by atoms with Crippen LogP contribution in [0.3, 0.4) is 0 Å². The fourth-order valence-electron chi connectivity index (χ4n) is 4.20. The lowest BCUT2D eigenvalue weighted by atomic mass is 10.2. The third-order valence-corrected chi connectivity index (χ3v) is 5.86. The van der Waals surface area contributed by atoms with Gasteiger partial charge in [0.1, 0.15) is 17.4 Å². The minimum absolute atomic E-state index is 0.120. The molecule has 0 aliphatic carbocycles. The van der Waals surface area contributed by atoms with Gasteiger partial charge in [-0.15, -0.1) is 0 Å². The Labute approximate surface area is 189 Å². The molecule has 0 radical (unpaired) electrons. The molecule has 0 unspecified atom stereocenters. The molecular formula is C25H21N5O3. The van der Waals surface area contributed by atoms with E-state index < -0.39 is 5.91 Å². The van der Waals surface area contributed by atoms with E-state index in [9.17, 15) is 14.9 Å². The molecule has 8 nitrogen and oxygen atoms in total. The van der Waals surface area contributed by atoms with Gasteiger partial charge in [0.05, 0.1) is 23.6 Å². The fourth-order valence-corrected chi connectivity index (χ4v) is 4.20. The van der Waals surface area contributed by atoms with Crippen LogP contribution in [-0.2, 0) is 11.3 Å². The van der Waals surface area contributed by atoms with Crippen molar-refractivity contribution in [3.63, 3.8) is 0 Å². The first-order valence-electron chi connectivity index (χ1n) is 10.8. The third-order valence-electron chi connectivity index (χ3n) is 5.86. The molecule has 4 aromatic rings. The van der Waals surface area contributed by atoms with Crippen LogP contribution in [0.2, 0.25) is 0 Å². The summed E-state index contributed by atoms with van der Waals surface area (Å²) in [5.41, 5.74) is 2.17. The van der Waals surface area contributed by atoms with Crippen molar-refractivity contribution < 1.29 is 9.53 Å². The van der Waals surface area contributed by atoms with E-state index in [1.165, 1.54) is 10.5 Å². The Morgan fingerprint density at radius 2 is 2.06 bits per heavy atom. The van der Waals surface area contributed by atoms with Gasteiger partial charge in [-0.05, 0) is 49.6 Å². The minimum Gasteiger partial charge on any atom is -0.376 e. The lowest BCUT2D eigenvalue weighted by Crippen LogP contribution is -2.33. The standard InChI is InChI=1S/C25H21N5O3/c1-16-7-5-11-29-21(16)27-23-20(25(29)32)13-18(14-26)22(30(23)15-19-10-6-12-33-19)28-24(31)17-8-3-2-4-9-17/h2-5,7-9,11,13,19H,6,10,12,15H2,1H3/t19-/m0/s1. The summed E-state index contributed by atoms with van der Waals surface area (Å²) in [6, 6.07) is 15.9. The van der Waals surface area contributed by atoms with E-state index in [0.717, 1.165) is 18.4 Å². The largest absolute Gasteiger partial charge is 0.376 e. The van der Waals surface area contributed by atoms with Crippen molar-refractivity contribution in [2.24, 2.45) is 4.99 Å². The first kappa shape index (κ1) is 20.8. The van der Waals surface area contributed by atoms with E-state index >= 15 is 0 Å². The Kier molecular flexibility index (Phi) is 5.32. The highest BCUT2D eigenvalue weighted by Gasteiger charge is 2.21. The zero-order chi connectivity index (χ0) is 22.9. The average Bonchev–Trinajstić information content (AvgIpc) is 3.35. The molecule has 0 saturated carbocycles. The Morgan fingerprint density at radius 3 is 2.79 bits per heavy atom. The normalized spacial score (nSPS) is 16.4. The molecule has 33 heavy (non-hydrogen) atoms. The quantitative estimate of drug-likeness (QED) is 0.457. The smallest absolute Gasteiger partial charge is 0.278 e. The average molecular weight is 439 g/mol. The number of benzene rings is 1. The first-order chi connectivity index (χ1) is 16.1. The van der Waals surface area contributed by atoms with Crippen LogP contribution in [0.15, 0.2) is 64.5 Å². The summed E-state index contributed by atoms with van der Waals surface area (Å²) in [6.45, 7) is 2.86. The maximum Gasteiger partial charge on any atom is 0.278 e. The van der Waals surface area contributed by atoms with Crippen LogP contribution in [-0.4, -0.2) is 32.6 Å². The predicted molar refractivity (Wildman–Crippen MR) is 122 cm³/mol. The molecule has 1 saturated heterocycles. The summed E-state index contributed by atoms with van der Waals surface area (Å²) in [5.74, 6) is -0.471. The molecule has 0 N–H and O–H groups in total. The molecular weight excluding hydrogens is 418 g/mol. The molecule has 4 heterocycles. The summed E-state index contributed by atoms with van der Waals surface area (Å²) in [6.07, 6.45) is 3.30. The van der Waals surface area contributed by atoms with Crippen molar-refractivity contribution in [2.45, 2.75) is 32.4 Å². The van der Waals surface area contributed by atoms with Crippen molar-refractivity contribution in [2.75, 3.05) is 6.61 Å². The molecule has 0 spiro atoms.